The molecule has 0 aliphatic rings. The van der Waals surface area contributed by atoms with Crippen molar-refractivity contribution in [1.29, 1.82) is 5.26 Å². The third-order valence-electron chi connectivity index (χ3n) is 4.28. The van der Waals surface area contributed by atoms with Gasteiger partial charge in [-0.05, 0) is 36.8 Å². The number of nitrogens with zero attached hydrogens (tertiary/aromatic N) is 1. The molecule has 0 heterocycles. The molecular formula is C22H20F3NO3. The summed E-state index contributed by atoms with van der Waals surface area (Å²) in [6.45, 7) is 6.23. The molecule has 7 heteroatoms. The number of carbonyl (C=O) groups is 2. The van der Waals surface area contributed by atoms with E-state index in [9.17, 15) is 28.0 Å². The van der Waals surface area contributed by atoms with Crippen molar-refractivity contribution in [2.45, 2.75) is 33.9 Å². The second-order valence-corrected chi connectivity index (χ2v) is 7.61. The summed E-state index contributed by atoms with van der Waals surface area (Å²) in [5.41, 5.74) is -2.32. The summed E-state index contributed by atoms with van der Waals surface area (Å²) in [6, 6.07) is 11.2. The van der Waals surface area contributed by atoms with E-state index in [1.807, 2.05) is 0 Å². The van der Waals surface area contributed by atoms with Crippen molar-refractivity contribution < 1.29 is 27.5 Å². The zero-order valence-electron chi connectivity index (χ0n) is 16.4. The van der Waals surface area contributed by atoms with Crippen molar-refractivity contribution in [2.24, 2.45) is 11.3 Å². The Morgan fingerprint density at radius 2 is 1.69 bits per heavy atom. The molecule has 4 nitrogen and oxygen atoms in total. The molecule has 0 amide bonds. The van der Waals surface area contributed by atoms with Gasteiger partial charge in [0, 0.05) is 11.0 Å². The zero-order valence-corrected chi connectivity index (χ0v) is 16.4. The second kappa shape index (κ2) is 8.08. The van der Waals surface area contributed by atoms with Gasteiger partial charge in [0.1, 0.15) is 11.5 Å². The van der Waals surface area contributed by atoms with Gasteiger partial charge in [0.2, 0.25) is 0 Å². The number of Topliss-reactive ketones (excluding diaryl/α,β-unsaturated/α-hetero) is 2. The lowest BCUT2D eigenvalue weighted by molar-refractivity contribution is -0.138. The molecule has 2 rings (SSSR count). The fourth-order valence-electron chi connectivity index (χ4n) is 2.66. The summed E-state index contributed by atoms with van der Waals surface area (Å²) < 4.78 is 46.4. The van der Waals surface area contributed by atoms with E-state index in [4.69, 9.17) is 4.74 Å². The van der Waals surface area contributed by atoms with Gasteiger partial charge in [-0.2, -0.15) is 18.4 Å². The quantitative estimate of drug-likeness (QED) is 0.471. The number of ketones is 2. The minimum atomic E-state index is -4.87. The Hall–Kier alpha value is -3.14. The van der Waals surface area contributed by atoms with Crippen LogP contribution in [0.1, 0.15) is 42.3 Å². The van der Waals surface area contributed by atoms with Crippen molar-refractivity contribution in [3.05, 3.63) is 59.2 Å². The minimum absolute atomic E-state index is 0.112. The minimum Gasteiger partial charge on any atom is -0.457 e. The van der Waals surface area contributed by atoms with Gasteiger partial charge in [0.25, 0.3) is 0 Å². The van der Waals surface area contributed by atoms with E-state index in [1.165, 1.54) is 26.8 Å². The van der Waals surface area contributed by atoms with Crippen LogP contribution in [0.15, 0.2) is 42.5 Å². The van der Waals surface area contributed by atoms with Crippen LogP contribution >= 0.6 is 0 Å². The maximum atomic E-state index is 13.6. The summed E-state index contributed by atoms with van der Waals surface area (Å²) in [6.07, 6.45) is -4.87. The van der Waals surface area contributed by atoms with Gasteiger partial charge in [-0.1, -0.05) is 39.0 Å². The number of para-hydroxylation sites is 1. The van der Waals surface area contributed by atoms with Crippen molar-refractivity contribution in [3.63, 3.8) is 0 Å². The summed E-state index contributed by atoms with van der Waals surface area (Å²) in [7, 11) is 0. The first-order chi connectivity index (χ1) is 13.4. The molecule has 0 saturated heterocycles. The fraction of sp³-hybridized carbons (Fsp3) is 0.318. The van der Waals surface area contributed by atoms with Gasteiger partial charge in [0.05, 0.1) is 11.6 Å². The highest BCUT2D eigenvalue weighted by atomic mass is 19.4. The number of alkyl halides is 3. The molecule has 0 spiro atoms. The van der Waals surface area contributed by atoms with E-state index >= 15 is 0 Å². The van der Waals surface area contributed by atoms with Gasteiger partial charge < -0.3 is 4.74 Å². The summed E-state index contributed by atoms with van der Waals surface area (Å²) in [5, 5.41) is 9.27. The normalized spacial score (nSPS) is 12.8. The van der Waals surface area contributed by atoms with Crippen LogP contribution in [0.5, 0.6) is 11.5 Å². The largest absolute Gasteiger partial charge is 0.457 e. The van der Waals surface area contributed by atoms with Crippen LogP contribution in [0.4, 0.5) is 13.2 Å². The summed E-state index contributed by atoms with van der Waals surface area (Å²) in [4.78, 5) is 25.0. The Bertz CT molecular complexity index is 982. The van der Waals surface area contributed by atoms with Crippen LogP contribution < -0.4 is 4.74 Å². The van der Waals surface area contributed by atoms with Crippen molar-refractivity contribution in [3.8, 4) is 17.6 Å². The SMILES string of the molecule is Cc1ccccc1Oc1ccc(C(=O)C(C#N)C(=O)C(C)(C)C)c(C(F)(F)F)c1. The highest BCUT2D eigenvalue weighted by molar-refractivity contribution is 6.14. The molecule has 0 aliphatic heterocycles. The molecule has 0 N–H and O–H groups in total. The first-order valence-corrected chi connectivity index (χ1v) is 8.79. The Kier molecular flexibility index (Phi) is 6.17. The predicted molar refractivity (Wildman–Crippen MR) is 101 cm³/mol. The number of hydrogen-bond donors (Lipinski definition) is 0. The topological polar surface area (TPSA) is 67.2 Å². The highest BCUT2D eigenvalue weighted by Crippen LogP contribution is 2.37. The average Bonchev–Trinajstić information content (AvgIpc) is 2.62. The van der Waals surface area contributed by atoms with Gasteiger partial charge >= 0.3 is 6.18 Å². The molecule has 2 aromatic rings. The first kappa shape index (κ1) is 22.2. The Morgan fingerprint density at radius 1 is 1.07 bits per heavy atom. The Labute approximate surface area is 166 Å². The molecule has 0 saturated carbocycles. The highest BCUT2D eigenvalue weighted by Gasteiger charge is 2.41. The standard InChI is InChI=1S/C22H20F3NO3/c1-13-7-5-6-8-18(13)29-14-9-10-15(17(11-14)22(23,24)25)19(27)16(12-26)20(28)21(2,3)4/h5-11,16H,1-4H3. The first-order valence-electron chi connectivity index (χ1n) is 8.79. The van der Waals surface area contributed by atoms with E-state index < -0.39 is 40.2 Å². The lowest BCUT2D eigenvalue weighted by atomic mass is 9.80. The van der Waals surface area contributed by atoms with E-state index in [0.29, 0.717) is 11.8 Å². The monoisotopic (exact) mass is 403 g/mol. The Morgan fingerprint density at radius 3 is 2.21 bits per heavy atom. The Balaban J connectivity index is 2.50. The zero-order chi connectivity index (χ0) is 22.0. The molecule has 0 radical (unpaired) electrons. The smallest absolute Gasteiger partial charge is 0.417 e. The summed E-state index contributed by atoms with van der Waals surface area (Å²) >= 11 is 0. The molecule has 152 valence electrons. The number of benzene rings is 2. The van der Waals surface area contributed by atoms with Crippen molar-refractivity contribution >= 4 is 11.6 Å². The molecule has 0 aromatic heterocycles. The van der Waals surface area contributed by atoms with Crippen LogP contribution in [0.3, 0.4) is 0 Å². The number of ether oxygens (including phenoxy) is 1. The number of carbonyl (C=O) groups excluding carboxylic acids is 2. The van der Waals surface area contributed by atoms with Crippen LogP contribution in [0, 0.1) is 29.6 Å². The predicted octanol–water partition coefficient (Wildman–Crippen LogP) is 5.74. The molecule has 0 bridgehead atoms. The van der Waals surface area contributed by atoms with E-state index in [-0.39, 0.29) is 5.75 Å². The van der Waals surface area contributed by atoms with Crippen LogP contribution in [-0.4, -0.2) is 11.6 Å². The van der Waals surface area contributed by atoms with Crippen LogP contribution in [0.25, 0.3) is 0 Å². The van der Waals surface area contributed by atoms with Crippen molar-refractivity contribution in [2.75, 3.05) is 0 Å². The number of nitriles is 1. The molecule has 0 fully saturated rings. The van der Waals surface area contributed by atoms with Gasteiger partial charge in [-0.15, -0.1) is 0 Å². The van der Waals surface area contributed by atoms with Crippen LogP contribution in [0.2, 0.25) is 0 Å². The van der Waals surface area contributed by atoms with E-state index in [1.54, 1.807) is 37.3 Å². The third-order valence-corrected chi connectivity index (χ3v) is 4.28. The number of rotatable bonds is 5. The lowest BCUT2D eigenvalue weighted by Gasteiger charge is -2.21. The van der Waals surface area contributed by atoms with Gasteiger partial charge in [-0.3, -0.25) is 9.59 Å². The van der Waals surface area contributed by atoms with Crippen LogP contribution in [-0.2, 0) is 11.0 Å². The molecule has 2 aromatic carbocycles. The lowest BCUT2D eigenvalue weighted by Crippen LogP contribution is -2.33. The van der Waals surface area contributed by atoms with E-state index in [0.717, 1.165) is 11.6 Å². The molecule has 0 aliphatic carbocycles. The summed E-state index contributed by atoms with van der Waals surface area (Å²) in [5.74, 6) is -3.48. The number of halogens is 3. The maximum Gasteiger partial charge on any atom is 0.417 e. The number of hydrogen-bond acceptors (Lipinski definition) is 4. The molecule has 1 atom stereocenters. The van der Waals surface area contributed by atoms with E-state index in [2.05, 4.69) is 0 Å². The molecule has 29 heavy (non-hydrogen) atoms. The van der Waals surface area contributed by atoms with Gasteiger partial charge in [-0.25, -0.2) is 0 Å². The molecule has 1 unspecified atom stereocenters. The fourth-order valence-corrected chi connectivity index (χ4v) is 2.66. The molecular weight excluding hydrogens is 383 g/mol. The third kappa shape index (κ3) is 5.02. The second-order valence-electron chi connectivity index (χ2n) is 7.61. The van der Waals surface area contributed by atoms with Gasteiger partial charge in [0.15, 0.2) is 17.5 Å². The average molecular weight is 403 g/mol. The number of aryl methyl sites for hydroxylation is 1. The maximum absolute atomic E-state index is 13.6. The van der Waals surface area contributed by atoms with Crippen molar-refractivity contribution in [1.82, 2.24) is 0 Å².